The van der Waals surface area contributed by atoms with E-state index in [0.717, 1.165) is 0 Å². The minimum absolute atomic E-state index is 0.168. The van der Waals surface area contributed by atoms with Gasteiger partial charge in [0.2, 0.25) is 0 Å². The van der Waals surface area contributed by atoms with Crippen LogP contribution in [0.3, 0.4) is 0 Å². The van der Waals surface area contributed by atoms with Crippen LogP contribution in [0.1, 0.15) is 33.6 Å². The van der Waals surface area contributed by atoms with E-state index < -0.39 is 11.0 Å². The largest absolute Gasteiger partial charge is 0.444 e. The van der Waals surface area contributed by atoms with Crippen molar-refractivity contribution in [3.8, 4) is 0 Å². The van der Waals surface area contributed by atoms with E-state index in [4.69, 9.17) is 10.1 Å². The lowest BCUT2D eigenvalue weighted by Crippen LogP contribution is -2.47. The summed E-state index contributed by atoms with van der Waals surface area (Å²) >= 11 is 3.34. The van der Waals surface area contributed by atoms with Gasteiger partial charge in [0, 0.05) is 34.8 Å². The first-order chi connectivity index (χ1) is 13.6. The van der Waals surface area contributed by atoms with Crippen LogP contribution >= 0.6 is 15.9 Å². The minimum Gasteiger partial charge on any atom is -0.444 e. The SMILES string of the molecule is CC(C)(C)OC(=O)N1CCC(CO)(/C(C=N)=C2\Nc3cc(F)cc(Br)c3N2)CC1. The number of benzene rings is 1. The number of hydrogen-bond acceptors (Lipinski definition) is 6. The standard InChI is InChI=1S/C20H26BrFN4O3/c1-19(2,3)29-18(28)26-6-4-20(11-27,5-7-26)13(10-23)17-24-15-9-12(22)8-14(21)16(15)25-17/h8-10,23-25,27H,4-7,11H2,1-3H3/b17-13+,23-10?. The van der Waals surface area contributed by atoms with E-state index in [0.29, 0.717) is 53.2 Å². The number of amides is 1. The second kappa shape index (κ2) is 7.95. The topological polar surface area (TPSA) is 97.7 Å². The molecule has 1 aromatic carbocycles. The zero-order valence-corrected chi connectivity index (χ0v) is 18.3. The van der Waals surface area contributed by atoms with Crippen LogP contribution in [0.2, 0.25) is 0 Å². The van der Waals surface area contributed by atoms with Crippen molar-refractivity contribution in [2.75, 3.05) is 30.3 Å². The molecule has 0 spiro atoms. The number of rotatable bonds is 3. The smallest absolute Gasteiger partial charge is 0.410 e. The van der Waals surface area contributed by atoms with Gasteiger partial charge in [0.15, 0.2) is 0 Å². The van der Waals surface area contributed by atoms with E-state index in [1.807, 2.05) is 20.8 Å². The molecule has 7 nitrogen and oxygen atoms in total. The number of hydrogen-bond donors (Lipinski definition) is 4. The molecule has 29 heavy (non-hydrogen) atoms. The third-order valence-electron chi connectivity index (χ3n) is 5.22. The molecule has 2 aliphatic heterocycles. The minimum atomic E-state index is -0.692. The van der Waals surface area contributed by atoms with Gasteiger partial charge in [-0.05, 0) is 61.7 Å². The average Bonchev–Trinajstić information content (AvgIpc) is 3.05. The third-order valence-corrected chi connectivity index (χ3v) is 5.85. The molecular formula is C20H26BrFN4O3. The second-order valence-electron chi connectivity index (χ2n) is 8.40. The number of halogens is 2. The Hall–Kier alpha value is -2.13. The first kappa shape index (κ1) is 21.6. The summed E-state index contributed by atoms with van der Waals surface area (Å²) in [7, 11) is 0. The molecule has 1 fully saturated rings. The molecule has 0 unspecified atom stereocenters. The number of aliphatic hydroxyl groups excluding tert-OH is 1. The molecule has 0 aromatic heterocycles. The molecule has 3 rings (SSSR count). The zero-order valence-electron chi connectivity index (χ0n) is 16.7. The number of nitrogens with one attached hydrogen (secondary N) is 3. The molecule has 1 saturated heterocycles. The summed E-state index contributed by atoms with van der Waals surface area (Å²) in [6.45, 7) is 6.11. The summed E-state index contributed by atoms with van der Waals surface area (Å²) in [5.74, 6) is 0.159. The van der Waals surface area contributed by atoms with Crippen molar-refractivity contribution in [1.29, 1.82) is 5.41 Å². The predicted molar refractivity (Wildman–Crippen MR) is 114 cm³/mol. The van der Waals surface area contributed by atoms with Gasteiger partial charge in [-0.25, -0.2) is 9.18 Å². The number of anilines is 2. The Morgan fingerprint density at radius 2 is 2.03 bits per heavy atom. The van der Waals surface area contributed by atoms with Gasteiger partial charge in [0.05, 0.1) is 18.0 Å². The molecule has 0 saturated carbocycles. The highest BCUT2D eigenvalue weighted by Gasteiger charge is 2.41. The van der Waals surface area contributed by atoms with Gasteiger partial charge in [0.25, 0.3) is 0 Å². The molecule has 4 N–H and O–H groups in total. The number of likely N-dealkylation sites (tertiary alicyclic amines) is 1. The Morgan fingerprint density at radius 3 is 2.59 bits per heavy atom. The zero-order chi connectivity index (χ0) is 21.4. The lowest BCUT2D eigenvalue weighted by molar-refractivity contribution is 0.00773. The van der Waals surface area contributed by atoms with Crippen LogP contribution in [0.15, 0.2) is 28.0 Å². The fourth-order valence-corrected chi connectivity index (χ4v) is 4.20. The summed E-state index contributed by atoms with van der Waals surface area (Å²) < 4.78 is 19.7. The van der Waals surface area contributed by atoms with Crippen molar-refractivity contribution in [3.63, 3.8) is 0 Å². The maximum Gasteiger partial charge on any atom is 0.410 e. The van der Waals surface area contributed by atoms with Crippen molar-refractivity contribution >= 4 is 39.6 Å². The van der Waals surface area contributed by atoms with Crippen LogP contribution in [-0.2, 0) is 4.74 Å². The summed E-state index contributed by atoms with van der Waals surface area (Å²) in [5.41, 5.74) is 0.567. The monoisotopic (exact) mass is 468 g/mol. The molecule has 0 bridgehead atoms. The van der Waals surface area contributed by atoms with Gasteiger partial charge < -0.3 is 30.8 Å². The van der Waals surface area contributed by atoms with E-state index in [-0.39, 0.29) is 18.5 Å². The van der Waals surface area contributed by atoms with Crippen molar-refractivity contribution < 1.29 is 19.0 Å². The number of carbonyl (C=O) groups is 1. The maximum atomic E-state index is 13.7. The number of carbonyl (C=O) groups excluding carboxylic acids is 1. The van der Waals surface area contributed by atoms with Gasteiger partial charge in [0.1, 0.15) is 17.2 Å². The fraction of sp³-hybridized carbons (Fsp3) is 0.500. The molecule has 0 atom stereocenters. The van der Waals surface area contributed by atoms with E-state index >= 15 is 0 Å². The molecule has 1 amide bonds. The Balaban J connectivity index is 1.82. The highest BCUT2D eigenvalue weighted by atomic mass is 79.9. The predicted octanol–water partition coefficient (Wildman–Crippen LogP) is 4.30. The van der Waals surface area contributed by atoms with Gasteiger partial charge in [-0.3, -0.25) is 0 Å². The van der Waals surface area contributed by atoms with Crippen LogP contribution in [0.25, 0.3) is 0 Å². The van der Waals surface area contributed by atoms with Crippen LogP contribution in [0.4, 0.5) is 20.6 Å². The lowest BCUT2D eigenvalue weighted by Gasteiger charge is -2.41. The molecule has 1 aromatic rings. The number of fused-ring (bicyclic) bond motifs is 1. The average molecular weight is 469 g/mol. The first-order valence-electron chi connectivity index (χ1n) is 9.46. The lowest BCUT2D eigenvalue weighted by atomic mass is 9.73. The van der Waals surface area contributed by atoms with Crippen molar-refractivity contribution in [2.45, 2.75) is 39.2 Å². The van der Waals surface area contributed by atoms with Crippen molar-refractivity contribution in [2.24, 2.45) is 5.41 Å². The molecule has 2 aliphatic rings. The van der Waals surface area contributed by atoms with Gasteiger partial charge >= 0.3 is 6.09 Å². The van der Waals surface area contributed by atoms with Crippen LogP contribution in [-0.4, -0.2) is 47.6 Å². The molecule has 0 radical (unpaired) electrons. The summed E-state index contributed by atoms with van der Waals surface area (Å²) in [4.78, 5) is 14.0. The number of ether oxygens (including phenoxy) is 1. The molecule has 158 valence electrons. The Kier molecular flexibility index (Phi) is 5.91. The van der Waals surface area contributed by atoms with Crippen molar-refractivity contribution in [1.82, 2.24) is 4.90 Å². The summed E-state index contributed by atoms with van der Waals surface area (Å²) in [6, 6.07) is 2.74. The Labute approximate surface area is 177 Å². The first-order valence-corrected chi connectivity index (χ1v) is 10.2. The van der Waals surface area contributed by atoms with E-state index in [1.54, 1.807) is 4.90 Å². The highest BCUT2D eigenvalue weighted by Crippen LogP contribution is 2.44. The van der Waals surface area contributed by atoms with Gasteiger partial charge in [-0.15, -0.1) is 0 Å². The number of piperidine rings is 1. The van der Waals surface area contributed by atoms with E-state index in [1.165, 1.54) is 18.3 Å². The van der Waals surface area contributed by atoms with E-state index in [9.17, 15) is 14.3 Å². The quantitative estimate of drug-likeness (QED) is 0.495. The Morgan fingerprint density at radius 1 is 1.38 bits per heavy atom. The number of aliphatic hydroxyl groups is 1. The molecular weight excluding hydrogens is 443 g/mol. The molecule has 2 heterocycles. The van der Waals surface area contributed by atoms with Gasteiger partial charge in [-0.2, -0.15) is 0 Å². The van der Waals surface area contributed by atoms with Crippen molar-refractivity contribution in [3.05, 3.63) is 33.8 Å². The normalized spacial score (nSPS) is 19.7. The van der Waals surface area contributed by atoms with E-state index in [2.05, 4.69) is 26.6 Å². The number of nitrogens with zero attached hydrogens (tertiary/aromatic N) is 1. The summed E-state index contributed by atoms with van der Waals surface area (Å²) in [6.07, 6.45) is 1.79. The summed E-state index contributed by atoms with van der Waals surface area (Å²) in [5, 5.41) is 24.5. The highest BCUT2D eigenvalue weighted by molar-refractivity contribution is 9.10. The Bertz CT molecular complexity index is 858. The maximum absolute atomic E-state index is 13.7. The fourth-order valence-electron chi connectivity index (χ4n) is 3.67. The molecule has 9 heteroatoms. The van der Waals surface area contributed by atoms with Crippen LogP contribution < -0.4 is 10.6 Å². The van der Waals surface area contributed by atoms with Crippen LogP contribution in [0, 0.1) is 16.6 Å². The van der Waals surface area contributed by atoms with Crippen LogP contribution in [0.5, 0.6) is 0 Å². The second-order valence-corrected chi connectivity index (χ2v) is 9.25. The third kappa shape index (κ3) is 4.40. The van der Waals surface area contributed by atoms with Gasteiger partial charge in [-0.1, -0.05) is 0 Å². The molecule has 0 aliphatic carbocycles.